The van der Waals surface area contributed by atoms with Gasteiger partial charge in [-0.15, -0.1) is 0 Å². The molecule has 0 bridgehead atoms. The Balaban J connectivity index is 1.59. The molecule has 29 heavy (non-hydrogen) atoms. The van der Waals surface area contributed by atoms with E-state index in [9.17, 15) is 4.79 Å². The Morgan fingerprint density at radius 3 is 2.07 bits per heavy atom. The molecule has 0 radical (unpaired) electrons. The molecule has 5 heteroatoms. The van der Waals surface area contributed by atoms with Crippen LogP contribution in [0.2, 0.25) is 0 Å². The van der Waals surface area contributed by atoms with Gasteiger partial charge in [-0.3, -0.25) is 4.79 Å². The molecular weight excluding hydrogens is 366 g/mol. The maximum absolute atomic E-state index is 13.0. The zero-order valence-electron chi connectivity index (χ0n) is 17.9. The van der Waals surface area contributed by atoms with Gasteiger partial charge in [0.2, 0.25) is 5.75 Å². The second kappa shape index (κ2) is 9.68. The first-order chi connectivity index (χ1) is 14.0. The molecular formula is C24H31NO4. The molecule has 0 aliphatic carbocycles. The number of likely N-dealkylation sites (tertiary alicyclic amines) is 1. The van der Waals surface area contributed by atoms with Gasteiger partial charge in [-0.2, -0.15) is 0 Å². The second-order valence-electron chi connectivity index (χ2n) is 7.67. The lowest BCUT2D eigenvalue weighted by Crippen LogP contribution is -2.38. The first-order valence-corrected chi connectivity index (χ1v) is 10.2. The largest absolute Gasteiger partial charge is 0.493 e. The molecule has 1 aliphatic heterocycles. The van der Waals surface area contributed by atoms with E-state index >= 15 is 0 Å². The summed E-state index contributed by atoms with van der Waals surface area (Å²) in [6.07, 6.45) is 4.37. The average Bonchev–Trinajstić information content (AvgIpc) is 2.77. The van der Waals surface area contributed by atoms with Crippen LogP contribution in [-0.4, -0.2) is 45.2 Å². The van der Waals surface area contributed by atoms with Gasteiger partial charge in [0.1, 0.15) is 0 Å². The number of carbonyl (C=O) groups is 1. The lowest BCUT2D eigenvalue weighted by atomic mass is 9.90. The molecule has 0 atom stereocenters. The van der Waals surface area contributed by atoms with Gasteiger partial charge < -0.3 is 19.1 Å². The van der Waals surface area contributed by atoms with Crippen LogP contribution in [0.3, 0.4) is 0 Å². The summed E-state index contributed by atoms with van der Waals surface area (Å²) in [6.45, 7) is 3.69. The highest BCUT2D eigenvalue weighted by Crippen LogP contribution is 2.38. The Labute approximate surface area is 173 Å². The van der Waals surface area contributed by atoms with Gasteiger partial charge in [0.05, 0.1) is 21.3 Å². The Bertz CT molecular complexity index is 798. The van der Waals surface area contributed by atoms with Crippen molar-refractivity contribution in [1.82, 2.24) is 4.90 Å². The number of hydrogen-bond acceptors (Lipinski definition) is 4. The molecule has 0 spiro atoms. The lowest BCUT2D eigenvalue weighted by molar-refractivity contribution is 0.0686. The van der Waals surface area contributed by atoms with Crippen LogP contribution in [0.25, 0.3) is 0 Å². The predicted octanol–water partition coefficient (Wildman–Crippen LogP) is 4.51. The first kappa shape index (κ1) is 21.0. The number of nitrogens with zero attached hydrogens (tertiary/aromatic N) is 1. The van der Waals surface area contributed by atoms with Gasteiger partial charge in [-0.1, -0.05) is 29.8 Å². The van der Waals surface area contributed by atoms with Crippen LogP contribution in [0.15, 0.2) is 36.4 Å². The summed E-state index contributed by atoms with van der Waals surface area (Å²) in [4.78, 5) is 15.0. The lowest BCUT2D eigenvalue weighted by Gasteiger charge is -2.32. The molecule has 2 aromatic rings. The average molecular weight is 398 g/mol. The highest BCUT2D eigenvalue weighted by molar-refractivity contribution is 5.95. The minimum Gasteiger partial charge on any atom is -0.493 e. The number of benzene rings is 2. The van der Waals surface area contributed by atoms with Crippen LogP contribution in [0.4, 0.5) is 0 Å². The summed E-state index contributed by atoms with van der Waals surface area (Å²) in [5, 5.41) is 0. The maximum atomic E-state index is 13.0. The van der Waals surface area contributed by atoms with Gasteiger partial charge in [0.15, 0.2) is 11.5 Å². The molecule has 0 unspecified atom stereocenters. The monoisotopic (exact) mass is 397 g/mol. The molecule has 1 saturated heterocycles. The number of ether oxygens (including phenoxy) is 3. The molecule has 2 aromatic carbocycles. The molecule has 5 nitrogen and oxygen atoms in total. The summed E-state index contributed by atoms with van der Waals surface area (Å²) < 4.78 is 16.1. The van der Waals surface area contributed by atoms with Crippen LogP contribution in [0, 0.1) is 12.8 Å². The third kappa shape index (κ3) is 5.03. The van der Waals surface area contributed by atoms with Crippen LogP contribution < -0.4 is 14.2 Å². The third-order valence-corrected chi connectivity index (χ3v) is 5.78. The van der Waals surface area contributed by atoms with Crippen molar-refractivity contribution in [1.29, 1.82) is 0 Å². The predicted molar refractivity (Wildman–Crippen MR) is 114 cm³/mol. The Kier molecular flexibility index (Phi) is 7.02. The molecule has 0 N–H and O–H groups in total. The van der Waals surface area contributed by atoms with Crippen molar-refractivity contribution >= 4 is 5.91 Å². The molecule has 156 valence electrons. The van der Waals surface area contributed by atoms with Crippen molar-refractivity contribution in [2.45, 2.75) is 32.6 Å². The smallest absolute Gasteiger partial charge is 0.254 e. The summed E-state index contributed by atoms with van der Waals surface area (Å²) in [7, 11) is 4.68. The molecule has 3 rings (SSSR count). The van der Waals surface area contributed by atoms with E-state index in [-0.39, 0.29) is 5.91 Å². The molecule has 1 fully saturated rings. The Morgan fingerprint density at radius 2 is 1.55 bits per heavy atom. The van der Waals surface area contributed by atoms with Crippen molar-refractivity contribution in [2.75, 3.05) is 34.4 Å². The Morgan fingerprint density at radius 1 is 0.966 bits per heavy atom. The number of rotatable bonds is 7. The van der Waals surface area contributed by atoms with Crippen LogP contribution in [0.1, 0.15) is 40.7 Å². The van der Waals surface area contributed by atoms with Gasteiger partial charge in [-0.25, -0.2) is 0 Å². The van der Waals surface area contributed by atoms with E-state index in [0.29, 0.717) is 28.7 Å². The zero-order valence-corrected chi connectivity index (χ0v) is 17.9. The van der Waals surface area contributed by atoms with E-state index in [1.807, 2.05) is 4.90 Å². The van der Waals surface area contributed by atoms with Crippen molar-refractivity contribution in [2.24, 2.45) is 5.92 Å². The fraction of sp³-hybridized carbons (Fsp3) is 0.458. The third-order valence-electron chi connectivity index (χ3n) is 5.78. The van der Waals surface area contributed by atoms with E-state index in [1.165, 1.54) is 17.5 Å². The number of piperidine rings is 1. The highest BCUT2D eigenvalue weighted by Gasteiger charge is 2.25. The van der Waals surface area contributed by atoms with Gasteiger partial charge >= 0.3 is 0 Å². The van der Waals surface area contributed by atoms with Crippen LogP contribution in [0.5, 0.6) is 17.2 Å². The minimum absolute atomic E-state index is 0.0150. The molecule has 0 aromatic heterocycles. The van der Waals surface area contributed by atoms with Crippen molar-refractivity contribution in [3.63, 3.8) is 0 Å². The zero-order chi connectivity index (χ0) is 20.8. The van der Waals surface area contributed by atoms with Crippen molar-refractivity contribution in [3.05, 3.63) is 53.1 Å². The number of hydrogen-bond donors (Lipinski definition) is 0. The quantitative estimate of drug-likeness (QED) is 0.690. The van der Waals surface area contributed by atoms with Crippen molar-refractivity contribution in [3.8, 4) is 17.2 Å². The van der Waals surface area contributed by atoms with Gasteiger partial charge in [0, 0.05) is 18.7 Å². The molecule has 0 saturated carbocycles. The SMILES string of the molecule is COc1cc(C(=O)N2CCC(CCc3ccc(C)cc3)CC2)cc(OC)c1OC. The fourth-order valence-corrected chi connectivity index (χ4v) is 3.94. The summed E-state index contributed by atoms with van der Waals surface area (Å²) >= 11 is 0. The van der Waals surface area contributed by atoms with Gasteiger partial charge in [-0.05, 0) is 56.2 Å². The Hall–Kier alpha value is -2.69. The second-order valence-corrected chi connectivity index (χ2v) is 7.67. The molecule has 1 amide bonds. The van der Waals surface area contributed by atoms with E-state index in [4.69, 9.17) is 14.2 Å². The van der Waals surface area contributed by atoms with E-state index in [2.05, 4.69) is 31.2 Å². The summed E-state index contributed by atoms with van der Waals surface area (Å²) in [5.74, 6) is 2.19. The summed E-state index contributed by atoms with van der Waals surface area (Å²) in [5.41, 5.74) is 3.26. The highest BCUT2D eigenvalue weighted by atomic mass is 16.5. The van der Waals surface area contributed by atoms with E-state index in [0.717, 1.165) is 32.4 Å². The van der Waals surface area contributed by atoms with E-state index < -0.39 is 0 Å². The minimum atomic E-state index is 0.0150. The van der Waals surface area contributed by atoms with E-state index in [1.54, 1.807) is 33.5 Å². The molecule has 1 heterocycles. The van der Waals surface area contributed by atoms with Crippen LogP contribution >= 0.6 is 0 Å². The maximum Gasteiger partial charge on any atom is 0.254 e. The number of amides is 1. The van der Waals surface area contributed by atoms with Crippen LogP contribution in [-0.2, 0) is 6.42 Å². The fourth-order valence-electron chi connectivity index (χ4n) is 3.94. The normalized spacial score (nSPS) is 14.6. The number of methoxy groups -OCH3 is 3. The topological polar surface area (TPSA) is 48.0 Å². The van der Waals surface area contributed by atoms with Gasteiger partial charge in [0.25, 0.3) is 5.91 Å². The number of carbonyl (C=O) groups excluding carboxylic acids is 1. The molecule has 1 aliphatic rings. The first-order valence-electron chi connectivity index (χ1n) is 10.2. The van der Waals surface area contributed by atoms with Crippen molar-refractivity contribution < 1.29 is 19.0 Å². The summed E-state index contributed by atoms with van der Waals surface area (Å²) in [6, 6.07) is 12.2. The standard InChI is InChI=1S/C24H31NO4/c1-17-5-7-18(8-6-17)9-10-19-11-13-25(14-12-19)24(26)20-15-21(27-2)23(29-4)22(16-20)28-3/h5-8,15-16,19H,9-14H2,1-4H3. The number of aryl methyl sites for hydroxylation is 2.